The minimum absolute atomic E-state index is 0.622. The fraction of sp³-hybridized carbons (Fsp3) is 0.333. The lowest BCUT2D eigenvalue weighted by atomic mass is 10.1. The molecule has 0 aliphatic rings. The molecular formula is C15H18O4. The Morgan fingerprint density at radius 1 is 0.895 bits per heavy atom. The molecule has 0 amide bonds. The van der Waals surface area contributed by atoms with Crippen molar-refractivity contribution in [1.82, 2.24) is 0 Å². The summed E-state index contributed by atoms with van der Waals surface area (Å²) >= 11 is 0. The van der Waals surface area contributed by atoms with E-state index in [1.807, 2.05) is 18.2 Å². The van der Waals surface area contributed by atoms with Crippen LogP contribution in [0.1, 0.15) is 11.1 Å². The third kappa shape index (κ3) is 3.02. The number of hydrogen-bond donors (Lipinski definition) is 0. The van der Waals surface area contributed by atoms with E-state index >= 15 is 0 Å². The van der Waals surface area contributed by atoms with Crippen LogP contribution in [0, 0.1) is 0 Å². The van der Waals surface area contributed by atoms with Crippen LogP contribution in [0.25, 0.3) is 0 Å². The smallest absolute Gasteiger partial charge is 0.203 e. The Hall–Kier alpha value is -2.10. The van der Waals surface area contributed by atoms with Crippen molar-refractivity contribution in [3.63, 3.8) is 0 Å². The molecule has 0 radical (unpaired) electrons. The van der Waals surface area contributed by atoms with Gasteiger partial charge in [-0.1, -0.05) is 0 Å². The van der Waals surface area contributed by atoms with E-state index in [2.05, 4.69) is 0 Å². The van der Waals surface area contributed by atoms with Gasteiger partial charge in [-0.3, -0.25) is 0 Å². The van der Waals surface area contributed by atoms with E-state index in [0.717, 1.165) is 18.4 Å². The molecule has 0 aliphatic carbocycles. The number of furan rings is 1. The zero-order chi connectivity index (χ0) is 13.7. The Bertz CT molecular complexity index is 492. The van der Waals surface area contributed by atoms with Gasteiger partial charge in [0.1, 0.15) is 0 Å². The Morgan fingerprint density at radius 2 is 1.53 bits per heavy atom. The molecule has 0 unspecified atom stereocenters. The lowest BCUT2D eigenvalue weighted by Crippen LogP contribution is -1.98. The SMILES string of the molecule is COc1cc(CCc2ccoc2)cc(OC)c1OC. The molecule has 0 atom stereocenters. The van der Waals surface area contributed by atoms with Crippen molar-refractivity contribution in [3.05, 3.63) is 41.9 Å². The monoisotopic (exact) mass is 262 g/mol. The van der Waals surface area contributed by atoms with E-state index in [4.69, 9.17) is 18.6 Å². The van der Waals surface area contributed by atoms with E-state index in [1.54, 1.807) is 33.9 Å². The third-order valence-corrected chi connectivity index (χ3v) is 3.01. The summed E-state index contributed by atoms with van der Waals surface area (Å²) in [5.74, 6) is 1.99. The minimum atomic E-state index is 0.622. The largest absolute Gasteiger partial charge is 0.493 e. The summed E-state index contributed by atoms with van der Waals surface area (Å²) < 4.78 is 21.0. The second-order valence-electron chi connectivity index (χ2n) is 4.17. The van der Waals surface area contributed by atoms with Crippen molar-refractivity contribution in [2.75, 3.05) is 21.3 Å². The molecule has 0 spiro atoms. The number of methoxy groups -OCH3 is 3. The maximum atomic E-state index is 5.33. The van der Waals surface area contributed by atoms with E-state index in [-0.39, 0.29) is 0 Å². The normalized spacial score (nSPS) is 10.3. The van der Waals surface area contributed by atoms with Crippen LogP contribution in [0.2, 0.25) is 0 Å². The highest BCUT2D eigenvalue weighted by Crippen LogP contribution is 2.38. The number of aryl methyl sites for hydroxylation is 2. The molecule has 102 valence electrons. The van der Waals surface area contributed by atoms with Gasteiger partial charge in [0.05, 0.1) is 33.9 Å². The first-order valence-electron chi connectivity index (χ1n) is 6.08. The van der Waals surface area contributed by atoms with Crippen LogP contribution in [0.5, 0.6) is 17.2 Å². The van der Waals surface area contributed by atoms with Crippen molar-refractivity contribution in [2.24, 2.45) is 0 Å². The molecule has 0 saturated heterocycles. The van der Waals surface area contributed by atoms with E-state index in [0.29, 0.717) is 17.2 Å². The second kappa shape index (κ2) is 6.18. The quantitative estimate of drug-likeness (QED) is 0.802. The van der Waals surface area contributed by atoms with Gasteiger partial charge in [0.2, 0.25) is 5.75 Å². The third-order valence-electron chi connectivity index (χ3n) is 3.01. The van der Waals surface area contributed by atoms with Crippen LogP contribution in [0.3, 0.4) is 0 Å². The Balaban J connectivity index is 2.20. The lowest BCUT2D eigenvalue weighted by molar-refractivity contribution is 0.324. The molecule has 0 N–H and O–H groups in total. The van der Waals surface area contributed by atoms with Crippen LogP contribution in [-0.4, -0.2) is 21.3 Å². The first-order valence-corrected chi connectivity index (χ1v) is 6.08. The van der Waals surface area contributed by atoms with E-state index in [1.165, 1.54) is 5.56 Å². The molecule has 2 aromatic rings. The van der Waals surface area contributed by atoms with Crippen LogP contribution in [0.4, 0.5) is 0 Å². The fourth-order valence-corrected chi connectivity index (χ4v) is 2.00. The summed E-state index contributed by atoms with van der Waals surface area (Å²) in [6, 6.07) is 5.92. The molecular weight excluding hydrogens is 244 g/mol. The zero-order valence-electron chi connectivity index (χ0n) is 11.4. The maximum Gasteiger partial charge on any atom is 0.203 e. The lowest BCUT2D eigenvalue weighted by Gasteiger charge is -2.13. The fourth-order valence-electron chi connectivity index (χ4n) is 2.00. The number of rotatable bonds is 6. The van der Waals surface area contributed by atoms with Crippen LogP contribution in [-0.2, 0) is 12.8 Å². The molecule has 4 nitrogen and oxygen atoms in total. The second-order valence-corrected chi connectivity index (χ2v) is 4.17. The minimum Gasteiger partial charge on any atom is -0.493 e. The first kappa shape index (κ1) is 13.3. The Kier molecular flexibility index (Phi) is 4.34. The zero-order valence-corrected chi connectivity index (χ0v) is 11.4. The summed E-state index contributed by atoms with van der Waals surface area (Å²) in [5.41, 5.74) is 2.31. The summed E-state index contributed by atoms with van der Waals surface area (Å²) in [4.78, 5) is 0. The molecule has 0 fully saturated rings. The van der Waals surface area contributed by atoms with Crippen LogP contribution in [0.15, 0.2) is 35.1 Å². The summed E-state index contributed by atoms with van der Waals surface area (Å²) in [6.45, 7) is 0. The summed E-state index contributed by atoms with van der Waals surface area (Å²) in [6.07, 6.45) is 5.24. The van der Waals surface area contributed by atoms with Crippen LogP contribution >= 0.6 is 0 Å². The Morgan fingerprint density at radius 3 is 2.00 bits per heavy atom. The van der Waals surface area contributed by atoms with Gasteiger partial charge in [0.15, 0.2) is 11.5 Å². The maximum absolute atomic E-state index is 5.33. The van der Waals surface area contributed by atoms with Gasteiger partial charge < -0.3 is 18.6 Å². The van der Waals surface area contributed by atoms with Gasteiger partial charge in [-0.05, 0) is 42.2 Å². The Labute approximate surface area is 112 Å². The van der Waals surface area contributed by atoms with Crippen molar-refractivity contribution >= 4 is 0 Å². The van der Waals surface area contributed by atoms with Crippen molar-refractivity contribution in [1.29, 1.82) is 0 Å². The highest BCUT2D eigenvalue weighted by molar-refractivity contribution is 5.53. The molecule has 1 aromatic carbocycles. The average molecular weight is 262 g/mol. The molecule has 0 saturated carbocycles. The highest BCUT2D eigenvalue weighted by atomic mass is 16.5. The van der Waals surface area contributed by atoms with Gasteiger partial charge >= 0.3 is 0 Å². The standard InChI is InChI=1S/C15H18O4/c1-16-13-8-12(5-4-11-6-7-19-10-11)9-14(17-2)15(13)18-3/h6-10H,4-5H2,1-3H3. The molecule has 1 heterocycles. The van der Waals surface area contributed by atoms with Gasteiger partial charge in [-0.2, -0.15) is 0 Å². The van der Waals surface area contributed by atoms with Crippen LogP contribution < -0.4 is 14.2 Å². The van der Waals surface area contributed by atoms with Gasteiger partial charge in [0, 0.05) is 0 Å². The molecule has 1 aromatic heterocycles. The van der Waals surface area contributed by atoms with Gasteiger partial charge in [-0.25, -0.2) is 0 Å². The predicted octanol–water partition coefficient (Wildman–Crippen LogP) is 3.09. The summed E-state index contributed by atoms with van der Waals surface area (Å²) in [5, 5.41) is 0. The van der Waals surface area contributed by atoms with Crippen molar-refractivity contribution in [2.45, 2.75) is 12.8 Å². The predicted molar refractivity (Wildman–Crippen MR) is 72.2 cm³/mol. The molecule has 0 aliphatic heterocycles. The molecule has 19 heavy (non-hydrogen) atoms. The number of ether oxygens (including phenoxy) is 3. The van der Waals surface area contributed by atoms with Crippen molar-refractivity contribution < 1.29 is 18.6 Å². The number of hydrogen-bond acceptors (Lipinski definition) is 4. The molecule has 2 rings (SSSR count). The highest BCUT2D eigenvalue weighted by Gasteiger charge is 2.13. The summed E-state index contributed by atoms with van der Waals surface area (Å²) in [7, 11) is 4.85. The van der Waals surface area contributed by atoms with E-state index < -0.39 is 0 Å². The van der Waals surface area contributed by atoms with Gasteiger partial charge in [-0.15, -0.1) is 0 Å². The molecule has 0 bridgehead atoms. The molecule has 4 heteroatoms. The topological polar surface area (TPSA) is 40.8 Å². The van der Waals surface area contributed by atoms with Crippen molar-refractivity contribution in [3.8, 4) is 17.2 Å². The number of benzene rings is 1. The van der Waals surface area contributed by atoms with Gasteiger partial charge in [0.25, 0.3) is 0 Å². The average Bonchev–Trinajstić information content (AvgIpc) is 2.97. The van der Waals surface area contributed by atoms with E-state index in [9.17, 15) is 0 Å². The first-order chi connectivity index (χ1) is 9.28.